The van der Waals surface area contributed by atoms with Crippen molar-refractivity contribution in [3.63, 3.8) is 0 Å². The maximum atomic E-state index is 14.1. The topological polar surface area (TPSA) is 60.2 Å². The highest BCUT2D eigenvalue weighted by Gasteiger charge is 2.28. The number of hydrogen-bond donors (Lipinski definition) is 1. The zero-order valence-electron chi connectivity index (χ0n) is 10.7. The van der Waals surface area contributed by atoms with Gasteiger partial charge in [-0.05, 0) is 19.3 Å². The molecular weight excluding hydrogens is 249 g/mol. The Kier molecular flexibility index (Phi) is 3.20. The molecule has 2 aromatic heterocycles. The van der Waals surface area contributed by atoms with Crippen LogP contribution in [-0.4, -0.2) is 32.4 Å². The summed E-state index contributed by atoms with van der Waals surface area (Å²) in [6.07, 6.45) is 4.62. The van der Waals surface area contributed by atoms with Gasteiger partial charge in [-0.1, -0.05) is 6.92 Å². The van der Waals surface area contributed by atoms with E-state index in [9.17, 15) is 4.39 Å². The van der Waals surface area contributed by atoms with Gasteiger partial charge in [0.1, 0.15) is 18.2 Å². The summed E-state index contributed by atoms with van der Waals surface area (Å²) in [6, 6.07) is 0. The van der Waals surface area contributed by atoms with E-state index in [2.05, 4.69) is 9.97 Å². The zero-order chi connectivity index (χ0) is 13.4. The summed E-state index contributed by atoms with van der Waals surface area (Å²) in [5.74, 6) is -0.316. The van der Waals surface area contributed by atoms with Gasteiger partial charge in [0.2, 0.25) is 0 Å². The Morgan fingerprint density at radius 3 is 3.00 bits per heavy atom. The molecule has 0 bridgehead atoms. The molecule has 1 saturated heterocycles. The van der Waals surface area contributed by atoms with E-state index in [1.165, 1.54) is 12.5 Å². The second-order valence-corrected chi connectivity index (χ2v) is 4.73. The Morgan fingerprint density at radius 1 is 1.47 bits per heavy atom. The highest BCUT2D eigenvalue weighted by atomic mass is 19.1. The van der Waals surface area contributed by atoms with Gasteiger partial charge in [-0.3, -0.25) is 0 Å². The van der Waals surface area contributed by atoms with Crippen LogP contribution in [-0.2, 0) is 11.2 Å². The summed E-state index contributed by atoms with van der Waals surface area (Å²) in [7, 11) is 0. The first-order valence-corrected chi connectivity index (χ1v) is 6.50. The average Bonchev–Trinajstić information content (AvgIpc) is 3.03. The van der Waals surface area contributed by atoms with Crippen molar-refractivity contribution in [2.24, 2.45) is 0 Å². The first kappa shape index (κ1) is 12.5. The Morgan fingerprint density at radius 2 is 2.32 bits per heavy atom. The van der Waals surface area contributed by atoms with Gasteiger partial charge in [-0.15, -0.1) is 0 Å². The number of aliphatic hydroxyl groups excluding tert-OH is 1. The van der Waals surface area contributed by atoms with Gasteiger partial charge in [0.05, 0.1) is 23.8 Å². The minimum Gasteiger partial charge on any atom is -0.394 e. The lowest BCUT2D eigenvalue weighted by Crippen LogP contribution is -2.14. The zero-order valence-corrected chi connectivity index (χ0v) is 10.7. The average molecular weight is 265 g/mol. The molecule has 1 aliphatic rings. The van der Waals surface area contributed by atoms with Crippen LogP contribution in [0.1, 0.15) is 31.7 Å². The number of aliphatic hydroxyl groups is 1. The Bertz CT molecular complexity index is 599. The fourth-order valence-corrected chi connectivity index (χ4v) is 2.61. The van der Waals surface area contributed by atoms with Crippen molar-refractivity contribution in [2.45, 2.75) is 38.5 Å². The molecule has 1 unspecified atom stereocenters. The molecule has 3 heterocycles. The number of halogens is 1. The van der Waals surface area contributed by atoms with Gasteiger partial charge < -0.3 is 14.4 Å². The monoisotopic (exact) mass is 265 g/mol. The van der Waals surface area contributed by atoms with E-state index in [-0.39, 0.29) is 24.8 Å². The molecule has 2 atom stereocenters. The molecule has 0 aromatic carbocycles. The molecule has 3 rings (SSSR count). The Hall–Kier alpha value is -1.53. The van der Waals surface area contributed by atoms with E-state index in [1.54, 1.807) is 4.57 Å². The first-order chi connectivity index (χ1) is 9.24. The van der Waals surface area contributed by atoms with Crippen LogP contribution in [0.5, 0.6) is 0 Å². The lowest BCUT2D eigenvalue weighted by molar-refractivity contribution is -0.0206. The van der Waals surface area contributed by atoms with Crippen LogP contribution in [0, 0.1) is 5.82 Å². The van der Waals surface area contributed by atoms with Crippen LogP contribution in [0.25, 0.3) is 11.0 Å². The van der Waals surface area contributed by atoms with E-state index in [1.807, 2.05) is 6.92 Å². The van der Waals surface area contributed by atoms with Crippen molar-refractivity contribution in [1.29, 1.82) is 0 Å². The first-order valence-electron chi connectivity index (χ1n) is 6.50. The van der Waals surface area contributed by atoms with Crippen LogP contribution in [0.15, 0.2) is 12.5 Å². The molecule has 1 N–H and O–H groups in total. The van der Waals surface area contributed by atoms with Gasteiger partial charge in [0.25, 0.3) is 0 Å². The SMILES string of the molecule is CCc1ncnc2c1c(F)cn2[C@H]1CCC(CO)O1. The van der Waals surface area contributed by atoms with E-state index < -0.39 is 0 Å². The lowest BCUT2D eigenvalue weighted by Gasteiger charge is -2.14. The standard InChI is InChI=1S/C13H16FN3O2/c1-2-10-12-9(14)5-17(13(12)16-7-15-10)11-4-3-8(6-18)19-11/h5,7-8,11,18H,2-4,6H2,1H3/t8?,11-/m1/s1. The van der Waals surface area contributed by atoms with Gasteiger partial charge >= 0.3 is 0 Å². The van der Waals surface area contributed by atoms with Gasteiger partial charge in [0.15, 0.2) is 5.82 Å². The number of aryl methyl sites for hydroxylation is 1. The van der Waals surface area contributed by atoms with Crippen LogP contribution < -0.4 is 0 Å². The molecule has 0 radical (unpaired) electrons. The number of nitrogens with zero attached hydrogens (tertiary/aromatic N) is 3. The highest BCUT2D eigenvalue weighted by Crippen LogP contribution is 2.32. The molecule has 6 heteroatoms. The summed E-state index contributed by atoms with van der Waals surface area (Å²) in [6.45, 7) is 1.93. The smallest absolute Gasteiger partial charge is 0.152 e. The van der Waals surface area contributed by atoms with E-state index in [0.29, 0.717) is 23.1 Å². The number of aromatic nitrogens is 3. The quantitative estimate of drug-likeness (QED) is 0.919. The number of hydrogen-bond acceptors (Lipinski definition) is 4. The fraction of sp³-hybridized carbons (Fsp3) is 0.538. The molecule has 2 aromatic rings. The minimum atomic E-state index is -0.316. The minimum absolute atomic E-state index is 0.00657. The molecular formula is C13H16FN3O2. The van der Waals surface area contributed by atoms with E-state index in [4.69, 9.17) is 9.84 Å². The molecule has 0 aliphatic carbocycles. The van der Waals surface area contributed by atoms with Gasteiger partial charge in [-0.25, -0.2) is 14.4 Å². The lowest BCUT2D eigenvalue weighted by atomic mass is 10.2. The van der Waals surface area contributed by atoms with Crippen LogP contribution in [0.4, 0.5) is 4.39 Å². The fourth-order valence-electron chi connectivity index (χ4n) is 2.61. The third kappa shape index (κ3) is 2.01. The van der Waals surface area contributed by atoms with E-state index in [0.717, 1.165) is 12.8 Å². The van der Waals surface area contributed by atoms with Crippen molar-refractivity contribution in [3.05, 3.63) is 24.0 Å². The van der Waals surface area contributed by atoms with Crippen LogP contribution in [0.2, 0.25) is 0 Å². The summed E-state index contributed by atoms with van der Waals surface area (Å²) in [5, 5.41) is 9.57. The highest BCUT2D eigenvalue weighted by molar-refractivity contribution is 5.79. The number of rotatable bonds is 3. The Balaban J connectivity index is 2.06. The molecule has 5 nitrogen and oxygen atoms in total. The molecule has 0 spiro atoms. The third-order valence-corrected chi connectivity index (χ3v) is 3.58. The van der Waals surface area contributed by atoms with Gasteiger partial charge in [0, 0.05) is 6.20 Å². The van der Waals surface area contributed by atoms with Gasteiger partial charge in [-0.2, -0.15) is 0 Å². The van der Waals surface area contributed by atoms with Crippen molar-refractivity contribution in [2.75, 3.05) is 6.61 Å². The van der Waals surface area contributed by atoms with Crippen LogP contribution >= 0.6 is 0 Å². The van der Waals surface area contributed by atoms with E-state index >= 15 is 0 Å². The molecule has 1 aliphatic heterocycles. The largest absolute Gasteiger partial charge is 0.394 e. The summed E-state index contributed by atoms with van der Waals surface area (Å²) >= 11 is 0. The molecule has 1 fully saturated rings. The molecule has 19 heavy (non-hydrogen) atoms. The predicted octanol–water partition coefficient (Wildman–Crippen LogP) is 1.80. The molecule has 0 amide bonds. The van der Waals surface area contributed by atoms with Crippen LogP contribution in [0.3, 0.4) is 0 Å². The maximum absolute atomic E-state index is 14.1. The number of fused-ring (bicyclic) bond motifs is 1. The summed E-state index contributed by atoms with van der Waals surface area (Å²) < 4.78 is 21.5. The maximum Gasteiger partial charge on any atom is 0.152 e. The Labute approximate surface area is 110 Å². The summed E-state index contributed by atoms with van der Waals surface area (Å²) in [5.41, 5.74) is 1.27. The van der Waals surface area contributed by atoms with Crippen molar-refractivity contribution in [1.82, 2.24) is 14.5 Å². The number of ether oxygens (including phenoxy) is 1. The third-order valence-electron chi connectivity index (χ3n) is 3.58. The molecule has 102 valence electrons. The second-order valence-electron chi connectivity index (χ2n) is 4.73. The van der Waals surface area contributed by atoms with Crippen molar-refractivity contribution in [3.8, 4) is 0 Å². The van der Waals surface area contributed by atoms with Crippen molar-refractivity contribution >= 4 is 11.0 Å². The predicted molar refractivity (Wildman–Crippen MR) is 67.1 cm³/mol. The summed E-state index contributed by atoms with van der Waals surface area (Å²) in [4.78, 5) is 8.29. The normalized spacial score (nSPS) is 23.3. The molecule has 0 saturated carbocycles. The second kappa shape index (κ2) is 4.86. The van der Waals surface area contributed by atoms with Crippen molar-refractivity contribution < 1.29 is 14.2 Å².